The maximum atomic E-state index is 14.0. The minimum atomic E-state index is -1.56. The largest absolute Gasteiger partial charge is 0.493 e. The minimum absolute atomic E-state index is 0.0262. The van der Waals surface area contributed by atoms with Crippen molar-refractivity contribution in [1.29, 1.82) is 0 Å². The number of nitrogens with zero attached hydrogens (tertiary/aromatic N) is 2. The third-order valence-electron chi connectivity index (χ3n) is 16.2. The van der Waals surface area contributed by atoms with E-state index in [-0.39, 0.29) is 118 Å². The predicted octanol–water partition coefficient (Wildman–Crippen LogP) is 3.67. The monoisotopic (exact) mass is 1390 g/mol. The van der Waals surface area contributed by atoms with Crippen molar-refractivity contribution in [2.45, 2.75) is 102 Å². The van der Waals surface area contributed by atoms with Crippen molar-refractivity contribution in [2.24, 2.45) is 0 Å². The first-order chi connectivity index (χ1) is 48.4. The van der Waals surface area contributed by atoms with Crippen molar-refractivity contribution >= 4 is 121 Å². The number of imide groups is 2. The molecule has 0 radical (unpaired) electrons. The van der Waals surface area contributed by atoms with Gasteiger partial charge in [0.05, 0.1) is 51.7 Å². The molecule has 10 N–H and O–H groups in total. The number of ketones is 1. The van der Waals surface area contributed by atoms with Crippen LogP contribution in [0.3, 0.4) is 0 Å². The smallest absolute Gasteiger partial charge is 0.322 e. The molecule has 2 aliphatic rings. The van der Waals surface area contributed by atoms with Gasteiger partial charge in [0.25, 0.3) is 23.6 Å². The van der Waals surface area contributed by atoms with E-state index < -0.39 is 139 Å². The number of carbonyl (C=O) groups is 15. The number of unbranched alkanes of at least 4 members (excludes halogenated alkanes) is 1. The lowest BCUT2D eigenvalue weighted by atomic mass is 9.86. The molecule has 2 heterocycles. The highest BCUT2D eigenvalue weighted by Crippen LogP contribution is 2.39. The van der Waals surface area contributed by atoms with Crippen molar-refractivity contribution in [2.75, 3.05) is 59.2 Å². The second kappa shape index (κ2) is 35.5. The lowest BCUT2D eigenvalue weighted by Crippen LogP contribution is -2.50. The molecule has 0 unspecified atom stereocenters. The molecule has 532 valence electrons. The van der Waals surface area contributed by atoms with Gasteiger partial charge in [-0.3, -0.25) is 81.7 Å². The van der Waals surface area contributed by atoms with Gasteiger partial charge in [-0.05, 0) is 80.6 Å². The molecule has 8 rings (SSSR count). The number of amides is 10. The summed E-state index contributed by atoms with van der Waals surface area (Å²) in [6, 6.07) is 22.1. The van der Waals surface area contributed by atoms with Gasteiger partial charge in [-0.1, -0.05) is 48.5 Å². The number of hydrogen-bond donors (Lipinski definition) is 10. The molecular formula is C70H74N8O23. The van der Waals surface area contributed by atoms with E-state index in [9.17, 15) is 82.1 Å². The van der Waals surface area contributed by atoms with Crippen molar-refractivity contribution in [3.05, 3.63) is 119 Å². The van der Waals surface area contributed by atoms with Crippen molar-refractivity contribution in [3.63, 3.8) is 0 Å². The normalized spacial score (nSPS) is 13.2. The van der Waals surface area contributed by atoms with Crippen LogP contribution in [0, 0.1) is 0 Å². The molecule has 6 aromatic carbocycles. The lowest BCUT2D eigenvalue weighted by Gasteiger charge is -2.32. The number of hydrogen-bond acceptors (Lipinski definition) is 19. The Kier molecular flexibility index (Phi) is 26.2. The third kappa shape index (κ3) is 20.1. The maximum absolute atomic E-state index is 14.0. The highest BCUT2D eigenvalue weighted by atomic mass is 16.5. The van der Waals surface area contributed by atoms with Crippen LogP contribution in [-0.2, 0) is 52.7 Å². The van der Waals surface area contributed by atoms with Crippen LogP contribution < -0.4 is 50.8 Å². The molecule has 0 bridgehead atoms. The lowest BCUT2D eigenvalue weighted by molar-refractivity contribution is -0.141. The average molecular weight is 1400 g/mol. The van der Waals surface area contributed by atoms with Gasteiger partial charge in [-0.25, -0.2) is 0 Å². The van der Waals surface area contributed by atoms with E-state index in [0.29, 0.717) is 63.8 Å². The summed E-state index contributed by atoms with van der Waals surface area (Å²) in [5.41, 5.74) is -0.139. The van der Waals surface area contributed by atoms with Crippen LogP contribution in [0.15, 0.2) is 97.1 Å². The number of ether oxygens (including phenoxy) is 4. The zero-order chi connectivity index (χ0) is 72.9. The number of carbonyl (C=O) groups excluding carboxylic acids is 11. The van der Waals surface area contributed by atoms with Gasteiger partial charge < -0.3 is 71.3 Å². The van der Waals surface area contributed by atoms with Crippen LogP contribution in [0.1, 0.15) is 125 Å². The molecule has 31 nitrogen and oxygen atoms in total. The summed E-state index contributed by atoms with van der Waals surface area (Å²) in [5, 5.41) is 54.4. The van der Waals surface area contributed by atoms with E-state index in [4.69, 9.17) is 29.2 Å². The molecule has 0 fully saturated rings. The highest BCUT2D eigenvalue weighted by molar-refractivity contribution is 6.33. The van der Waals surface area contributed by atoms with Crippen molar-refractivity contribution in [3.8, 4) is 23.0 Å². The van der Waals surface area contributed by atoms with Gasteiger partial charge in [0, 0.05) is 107 Å². The Hall–Kier alpha value is -12.1. The standard InChI is InChI=1S/C70H74N8O23/c1-39(79)74-48(35-59(84)85)51(80)15-2-3-31-98-52-16-4-12-41-40(52)11-5-17-53(41)100-33-10-22-58(83)76-49(36-60(86)87)65(92)71-27-30-78-69(96)46-25-23-44-63-45(24-26-47(64(46)63)70(78)97)68(95)77(67(44)94)29-8-20-57(82)75-50(37-61(88)89)66(93)72-28-34-101-55-19-7-13-42-43(55)14-6-18-54(42)99-32-9-21-56(81)73-38-62(90)91/h4-7,11-14,16-19,23-26,48-50H,2-3,8-10,15,20-22,27-38H2,1H3,(H,71,92)(H,72,93)(H,73,81)(H,74,79)(H,75,82)(H,76,83)(H,84,85)(H,86,87)(H,88,89)(H,90,91)/t48-,49-,50-/m0/s1. The van der Waals surface area contributed by atoms with Crippen LogP contribution in [0.4, 0.5) is 0 Å². The van der Waals surface area contributed by atoms with E-state index in [2.05, 4.69) is 31.9 Å². The topological polar surface area (TPSA) is 453 Å². The first-order valence-electron chi connectivity index (χ1n) is 32.3. The number of nitrogens with one attached hydrogen (secondary N) is 6. The Morgan fingerprint density at radius 1 is 0.386 bits per heavy atom. The third-order valence-corrected chi connectivity index (χ3v) is 16.2. The molecule has 31 heteroatoms. The highest BCUT2D eigenvalue weighted by Gasteiger charge is 2.40. The SMILES string of the molecule is CC(=O)N[C@@H](CC(=O)O)C(=O)CCCCOc1cccc2c(OCCCC(=O)N[C@@H](CC(=O)O)C(=O)NCCN3C(=O)c4ccc5c6c(ccc(c46)C3=O)C(=O)N(CCCC(=O)N[C@@H](CC(=O)O)C(=O)NCCOc3cccc4c(OCCCC(=O)NCC(=O)O)cccc34)C5=O)cccc12. The summed E-state index contributed by atoms with van der Waals surface area (Å²) in [6.07, 6.45) is -1.40. The summed E-state index contributed by atoms with van der Waals surface area (Å²) >= 11 is 0. The first kappa shape index (κ1) is 74.7. The summed E-state index contributed by atoms with van der Waals surface area (Å²) in [7, 11) is 0. The van der Waals surface area contributed by atoms with Crippen molar-refractivity contribution < 1.29 is 111 Å². The molecule has 0 saturated heterocycles. The maximum Gasteiger partial charge on any atom is 0.322 e. The van der Waals surface area contributed by atoms with Crippen LogP contribution >= 0.6 is 0 Å². The summed E-state index contributed by atoms with van der Waals surface area (Å²) in [6.45, 7) is -0.147. The molecule has 0 spiro atoms. The molecule has 0 aromatic heterocycles. The molecule has 0 aliphatic carbocycles. The van der Waals surface area contributed by atoms with E-state index in [1.165, 1.54) is 31.2 Å². The van der Waals surface area contributed by atoms with Gasteiger partial charge >= 0.3 is 23.9 Å². The number of benzene rings is 6. The molecule has 0 saturated carbocycles. The van der Waals surface area contributed by atoms with E-state index in [0.717, 1.165) is 9.80 Å². The second-order valence-electron chi connectivity index (χ2n) is 23.5. The number of aliphatic carboxylic acids is 4. The van der Waals surface area contributed by atoms with E-state index in [1.807, 2.05) is 6.07 Å². The Balaban J connectivity index is 0.771. The molecule has 2 aliphatic heterocycles. The first-order valence-corrected chi connectivity index (χ1v) is 32.3. The van der Waals surface area contributed by atoms with Gasteiger partial charge in [0.1, 0.15) is 48.2 Å². The van der Waals surface area contributed by atoms with Gasteiger partial charge in [0.15, 0.2) is 5.78 Å². The Morgan fingerprint density at radius 3 is 1.18 bits per heavy atom. The van der Waals surface area contributed by atoms with Crippen LogP contribution in [0.25, 0.3) is 32.3 Å². The van der Waals surface area contributed by atoms with Gasteiger partial charge in [-0.2, -0.15) is 0 Å². The summed E-state index contributed by atoms with van der Waals surface area (Å²) in [4.78, 5) is 192. The summed E-state index contributed by atoms with van der Waals surface area (Å²) in [5.74, 6) is -11.1. The molecular weight excluding hydrogens is 1320 g/mol. The predicted molar refractivity (Wildman–Crippen MR) is 356 cm³/mol. The fourth-order valence-electron chi connectivity index (χ4n) is 11.5. The van der Waals surface area contributed by atoms with Crippen molar-refractivity contribution in [1.82, 2.24) is 41.7 Å². The zero-order valence-electron chi connectivity index (χ0n) is 54.8. The summed E-state index contributed by atoms with van der Waals surface area (Å²) < 4.78 is 23.8. The van der Waals surface area contributed by atoms with Crippen LogP contribution in [0.5, 0.6) is 23.0 Å². The molecule has 6 aromatic rings. The fourth-order valence-corrected chi connectivity index (χ4v) is 11.5. The number of rotatable bonds is 41. The Labute approximate surface area is 575 Å². The Bertz CT molecular complexity index is 4160. The van der Waals surface area contributed by atoms with E-state index >= 15 is 0 Å². The number of carboxylic acid groups (broad SMARTS) is 4. The zero-order valence-corrected chi connectivity index (χ0v) is 54.8. The number of Topliss-reactive ketones (excluding diaryl/α,β-unsaturated/α-hetero) is 1. The number of fused-ring (bicyclic) bond motifs is 2. The average Bonchev–Trinajstić information content (AvgIpc) is 0.714. The quantitative estimate of drug-likeness (QED) is 0.0193. The molecule has 10 amide bonds. The molecule has 101 heavy (non-hydrogen) atoms. The number of carboxylic acids is 4. The Morgan fingerprint density at radius 2 is 0.762 bits per heavy atom. The van der Waals surface area contributed by atoms with Crippen LogP contribution in [-0.4, -0.2) is 196 Å². The van der Waals surface area contributed by atoms with Gasteiger partial charge in [0.2, 0.25) is 35.4 Å². The fraction of sp³-hybridized carbons (Fsp3) is 0.357. The van der Waals surface area contributed by atoms with Gasteiger partial charge in [-0.15, -0.1) is 0 Å². The second-order valence-corrected chi connectivity index (χ2v) is 23.5. The van der Waals surface area contributed by atoms with E-state index in [1.54, 1.807) is 66.7 Å². The minimum Gasteiger partial charge on any atom is -0.493 e. The van der Waals surface area contributed by atoms with Crippen LogP contribution in [0.2, 0.25) is 0 Å². The molecule has 3 atom stereocenters.